The van der Waals surface area contributed by atoms with E-state index in [1.165, 1.54) is 52.4 Å². The summed E-state index contributed by atoms with van der Waals surface area (Å²) in [5.41, 5.74) is 0. The molecule has 2 saturated carbocycles. The van der Waals surface area contributed by atoms with E-state index in [-0.39, 0.29) is 63.8 Å². The Labute approximate surface area is 196 Å². The van der Waals surface area contributed by atoms with Crippen LogP contribution in [0, 0.1) is 17.8 Å². The van der Waals surface area contributed by atoms with E-state index in [0.717, 1.165) is 0 Å². The Morgan fingerprint density at radius 2 is 1.11 bits per heavy atom. The van der Waals surface area contributed by atoms with Crippen molar-refractivity contribution in [2.24, 2.45) is 17.8 Å². The molecule has 3 unspecified atom stereocenters. The van der Waals surface area contributed by atoms with Gasteiger partial charge in [-0.1, -0.05) is 73.6 Å². The van der Waals surface area contributed by atoms with E-state index in [1.807, 2.05) is 0 Å². The van der Waals surface area contributed by atoms with Crippen molar-refractivity contribution in [2.75, 3.05) is 0 Å². The minimum Gasteiger partial charge on any atom is -0.481 e. The Morgan fingerprint density at radius 3 is 1.25 bits per heavy atom. The number of carboxylic acid groups (broad SMARTS) is 1. The Kier molecular flexibility index (Phi) is 35.7. The maximum atomic E-state index is 11.0. The number of hydrogen-bond donors (Lipinski definition) is 1. The summed E-state index contributed by atoms with van der Waals surface area (Å²) in [6.45, 7) is 11.2. The quantitative estimate of drug-likeness (QED) is 0.617. The molecule has 0 heterocycles. The first-order valence-corrected chi connectivity index (χ1v) is 9.42. The molecule has 1 radical (unpaired) electrons. The van der Waals surface area contributed by atoms with Gasteiger partial charge < -0.3 is 5.11 Å². The Morgan fingerprint density at radius 1 is 0.821 bits per heavy atom. The molecule has 0 aromatic rings. The topological polar surface area (TPSA) is 106 Å². The van der Waals surface area contributed by atoms with Crippen LogP contribution in [0.5, 0.6) is 0 Å². The van der Waals surface area contributed by atoms with Gasteiger partial charge in [0.15, 0.2) is 0 Å². The van der Waals surface area contributed by atoms with Crippen LogP contribution in [0.1, 0.15) is 93.9 Å². The number of ketones is 2. The molecule has 2 aliphatic rings. The molecule has 0 spiro atoms. The third-order valence-corrected chi connectivity index (χ3v) is 3.68. The van der Waals surface area contributed by atoms with Crippen LogP contribution in [0.15, 0.2) is 0 Å². The Bertz CT molecular complexity index is 401. The summed E-state index contributed by atoms with van der Waals surface area (Å²) in [5.74, 6) is -2.85. The molecule has 28 heavy (non-hydrogen) atoms. The number of rotatable bonds is 3. The summed E-state index contributed by atoms with van der Waals surface area (Å²) < 4.78 is 0. The van der Waals surface area contributed by atoms with Crippen LogP contribution in [0.25, 0.3) is 0 Å². The molecular formula is C21H40O6Y. The summed E-state index contributed by atoms with van der Waals surface area (Å²) in [5, 5.41) is 8.69. The zero-order valence-electron chi connectivity index (χ0n) is 17.7. The molecule has 2 rings (SSSR count). The van der Waals surface area contributed by atoms with Crippen LogP contribution < -0.4 is 0 Å². The summed E-state index contributed by atoms with van der Waals surface area (Å²) in [4.78, 5) is 48.9. The van der Waals surface area contributed by atoms with Crippen LogP contribution in [-0.4, -0.2) is 28.8 Å². The molecule has 0 bridgehead atoms. The average Bonchev–Trinajstić information content (AvgIpc) is 2.36. The monoisotopic (exact) mass is 477 g/mol. The van der Waals surface area contributed by atoms with Gasteiger partial charge in [0.1, 0.15) is 11.6 Å². The van der Waals surface area contributed by atoms with Crippen molar-refractivity contribution in [2.45, 2.75) is 93.9 Å². The average molecular weight is 477 g/mol. The van der Waals surface area contributed by atoms with Gasteiger partial charge in [-0.2, -0.15) is 9.59 Å². The molecule has 2 aliphatic carbocycles. The number of carboxylic acids is 1. The summed E-state index contributed by atoms with van der Waals surface area (Å²) in [6.07, 6.45) is 9.06. The predicted molar refractivity (Wildman–Crippen MR) is 106 cm³/mol. The van der Waals surface area contributed by atoms with Crippen molar-refractivity contribution < 1.29 is 61.8 Å². The Balaban J connectivity index is -0.0000000976. The van der Waals surface area contributed by atoms with E-state index in [0.29, 0.717) is 6.42 Å². The van der Waals surface area contributed by atoms with Gasteiger partial charge in [-0.15, -0.1) is 0 Å². The number of Topliss-reactive ketones (excluding diaryl/α,β-unsaturated/α-hetero) is 2. The first-order valence-electron chi connectivity index (χ1n) is 9.42. The van der Waals surface area contributed by atoms with Gasteiger partial charge in [0.25, 0.3) is 0 Å². The van der Waals surface area contributed by atoms with Crippen molar-refractivity contribution in [3.05, 3.63) is 0 Å². The molecule has 7 heteroatoms. The van der Waals surface area contributed by atoms with Crippen LogP contribution >= 0.6 is 0 Å². The number of aliphatic carboxylic acids is 1. The number of carbonyl (C=O) groups is 3. The normalized spacial score (nSPS) is 19.9. The third-order valence-electron chi connectivity index (χ3n) is 3.68. The molecule has 1 N–H and O–H groups in total. The molecular weight excluding hydrogens is 437 g/mol. The van der Waals surface area contributed by atoms with E-state index in [1.54, 1.807) is 0 Å². The smallest absolute Gasteiger partial charge is 0.373 e. The zero-order valence-corrected chi connectivity index (χ0v) is 20.6. The molecule has 0 aliphatic heterocycles. The van der Waals surface area contributed by atoms with E-state index < -0.39 is 17.8 Å². The first-order chi connectivity index (χ1) is 12.2. The molecule has 6 nitrogen and oxygen atoms in total. The maximum Gasteiger partial charge on any atom is 0.373 e. The van der Waals surface area contributed by atoms with E-state index in [9.17, 15) is 14.4 Å². The van der Waals surface area contributed by atoms with Gasteiger partial charge in [0.2, 0.25) is 0 Å². The van der Waals surface area contributed by atoms with Crippen molar-refractivity contribution in [1.82, 2.24) is 0 Å². The third kappa shape index (κ3) is 20.0. The van der Waals surface area contributed by atoms with E-state index in [4.69, 9.17) is 14.7 Å². The molecule has 0 amide bonds. The van der Waals surface area contributed by atoms with Gasteiger partial charge in [-0.3, -0.25) is 14.4 Å². The largest absolute Gasteiger partial charge is 0.481 e. The predicted octanol–water partition coefficient (Wildman–Crippen LogP) is 4.94. The molecule has 163 valence electrons. The summed E-state index contributed by atoms with van der Waals surface area (Å²) in [6, 6.07) is 0. The molecule has 0 saturated heterocycles. The van der Waals surface area contributed by atoms with Crippen molar-refractivity contribution in [1.29, 1.82) is 0 Å². The standard InChI is InChI=1S/C9H12O4.C4H8.2C3H8.CO2.CH4.Y/c1-4(10)6-3-7(9(12)13)8(6)5(2)11;1-2-4-3-1;2*1-3-2;2-1-3;;/h6-8H,3H2,1-2H3,(H,12,13);1-4H2;2*3H2,1-2H3;;1H4;. The van der Waals surface area contributed by atoms with Crippen LogP contribution in [-0.2, 0) is 56.7 Å². The van der Waals surface area contributed by atoms with E-state index in [2.05, 4.69) is 27.7 Å². The van der Waals surface area contributed by atoms with Crippen LogP contribution in [0.2, 0.25) is 0 Å². The molecule has 2 fully saturated rings. The fraction of sp³-hybridized carbons (Fsp3) is 0.810. The van der Waals surface area contributed by atoms with Crippen molar-refractivity contribution in [3.63, 3.8) is 0 Å². The first kappa shape index (κ1) is 38.0. The van der Waals surface area contributed by atoms with Crippen LogP contribution in [0.4, 0.5) is 0 Å². The fourth-order valence-corrected chi connectivity index (χ4v) is 2.14. The van der Waals surface area contributed by atoms with Crippen LogP contribution in [0.3, 0.4) is 0 Å². The second kappa shape index (κ2) is 26.3. The second-order valence-corrected chi connectivity index (χ2v) is 6.45. The number of hydrogen-bond acceptors (Lipinski definition) is 5. The molecule has 3 atom stereocenters. The van der Waals surface area contributed by atoms with Gasteiger partial charge in [-0.05, 0) is 20.3 Å². The summed E-state index contributed by atoms with van der Waals surface area (Å²) >= 11 is 0. The SMILES string of the molecule is C.C1CCC1.CC(=O)C1CC(C(=O)O)C1C(C)=O.CCC.CCC.O=C=O.[Y]. The fourth-order valence-electron chi connectivity index (χ4n) is 2.14. The van der Waals surface area contributed by atoms with Gasteiger partial charge in [0, 0.05) is 44.5 Å². The van der Waals surface area contributed by atoms with Gasteiger partial charge in [0.05, 0.1) is 5.92 Å². The van der Waals surface area contributed by atoms with Crippen molar-refractivity contribution >= 4 is 23.7 Å². The van der Waals surface area contributed by atoms with Gasteiger partial charge in [-0.25, -0.2) is 0 Å². The Hall–Kier alpha value is -0.706. The minimum atomic E-state index is -0.974. The molecule has 0 aromatic heterocycles. The zero-order chi connectivity index (χ0) is 21.1. The van der Waals surface area contributed by atoms with E-state index >= 15 is 0 Å². The maximum absolute atomic E-state index is 11.0. The number of carbonyl (C=O) groups excluding carboxylic acids is 4. The molecule has 0 aromatic carbocycles. The summed E-state index contributed by atoms with van der Waals surface area (Å²) in [7, 11) is 0. The minimum absolute atomic E-state index is 0. The van der Waals surface area contributed by atoms with Crippen molar-refractivity contribution in [3.8, 4) is 0 Å². The second-order valence-electron chi connectivity index (χ2n) is 6.45. The van der Waals surface area contributed by atoms with Gasteiger partial charge >= 0.3 is 12.1 Å².